The van der Waals surface area contributed by atoms with Crippen LogP contribution in [0.25, 0.3) is 10.9 Å². The van der Waals surface area contributed by atoms with Crippen molar-refractivity contribution in [2.75, 3.05) is 65.3 Å². The number of benzene rings is 2. The van der Waals surface area contributed by atoms with Gasteiger partial charge >= 0.3 is 6.03 Å². The number of methoxy groups -OCH3 is 1. The number of hydrogen-bond acceptors (Lipinski definition) is 7. The summed E-state index contributed by atoms with van der Waals surface area (Å²) >= 11 is 0. The normalized spacial score (nSPS) is 14.3. The Kier molecular flexibility index (Phi) is 11.2. The molecule has 1 aliphatic heterocycles. The van der Waals surface area contributed by atoms with Gasteiger partial charge < -0.3 is 29.7 Å². The molecule has 0 aliphatic carbocycles. The highest BCUT2D eigenvalue weighted by atomic mass is 35.5. The van der Waals surface area contributed by atoms with Gasteiger partial charge in [-0.15, -0.1) is 12.4 Å². The Bertz CT molecular complexity index is 1240. The minimum atomic E-state index is -0.221. The second-order valence-electron chi connectivity index (χ2n) is 11.1. The third-order valence-electron chi connectivity index (χ3n) is 6.75. The van der Waals surface area contributed by atoms with Crippen LogP contribution in [0.15, 0.2) is 48.7 Å². The largest absolute Gasteiger partial charge is 0.493 e. The first-order chi connectivity index (χ1) is 18.7. The number of amides is 2. The Morgan fingerprint density at radius 2 is 1.73 bits per heavy atom. The minimum Gasteiger partial charge on any atom is -0.493 e. The molecule has 0 atom stereocenters. The van der Waals surface area contributed by atoms with Crippen LogP contribution in [0.2, 0.25) is 0 Å². The molecule has 1 fully saturated rings. The lowest BCUT2D eigenvalue weighted by Crippen LogP contribution is -2.45. The first kappa shape index (κ1) is 31.3. The van der Waals surface area contributed by atoms with Crippen molar-refractivity contribution in [2.24, 2.45) is 5.41 Å². The zero-order chi connectivity index (χ0) is 27.8. The van der Waals surface area contributed by atoms with E-state index in [0.717, 1.165) is 50.0 Å². The monoisotopic (exact) mass is 571 g/mol. The predicted molar refractivity (Wildman–Crippen MR) is 163 cm³/mol. The molecule has 2 aromatic carbocycles. The van der Waals surface area contributed by atoms with Crippen LogP contribution in [-0.4, -0.2) is 80.8 Å². The number of nitrogens with one attached hydrogen (secondary N) is 2. The maximum absolute atomic E-state index is 12.2. The van der Waals surface area contributed by atoms with E-state index in [0.29, 0.717) is 41.8 Å². The van der Waals surface area contributed by atoms with Gasteiger partial charge in [0.2, 0.25) is 0 Å². The van der Waals surface area contributed by atoms with E-state index in [-0.39, 0.29) is 23.9 Å². The van der Waals surface area contributed by atoms with Crippen molar-refractivity contribution in [3.63, 3.8) is 0 Å². The standard InChI is InChI=1S/C30H41N5O4.ClH/c1-30(2,3)11-13-32-29(36)33-22-6-8-23(9-7-22)39-26-10-12-31-25-21-28(27(37-5)20-24(25)26)38-19-18-35-16-14-34(4)15-17-35;/h6-10,12,20-21H,11,13-19H2,1-5H3,(H2,32,33,36);1H. The third kappa shape index (κ3) is 9.15. The topological polar surface area (TPSA) is 88.2 Å². The highest BCUT2D eigenvalue weighted by Gasteiger charge is 2.16. The summed E-state index contributed by atoms with van der Waals surface area (Å²) in [7, 11) is 3.79. The highest BCUT2D eigenvalue weighted by Crippen LogP contribution is 2.37. The second-order valence-corrected chi connectivity index (χ2v) is 11.1. The number of halogens is 1. The number of pyridine rings is 1. The Hall–Kier alpha value is -3.27. The van der Waals surface area contributed by atoms with Crippen molar-refractivity contribution in [2.45, 2.75) is 27.2 Å². The number of ether oxygens (including phenoxy) is 3. The number of carbonyl (C=O) groups is 1. The molecule has 3 aromatic rings. The van der Waals surface area contributed by atoms with Gasteiger partial charge in [0.15, 0.2) is 11.5 Å². The molecule has 10 heteroatoms. The summed E-state index contributed by atoms with van der Waals surface area (Å²) < 4.78 is 17.9. The number of anilines is 1. The Balaban J connectivity index is 0.00000441. The van der Waals surface area contributed by atoms with Crippen LogP contribution >= 0.6 is 12.4 Å². The zero-order valence-corrected chi connectivity index (χ0v) is 25.0. The van der Waals surface area contributed by atoms with Gasteiger partial charge in [-0.2, -0.15) is 0 Å². The van der Waals surface area contributed by atoms with Crippen molar-refractivity contribution in [1.82, 2.24) is 20.1 Å². The fourth-order valence-corrected chi connectivity index (χ4v) is 4.31. The molecule has 2 amide bonds. The van der Waals surface area contributed by atoms with E-state index in [4.69, 9.17) is 14.2 Å². The summed E-state index contributed by atoms with van der Waals surface area (Å²) in [5.41, 5.74) is 1.62. The molecule has 4 rings (SSSR count). The maximum Gasteiger partial charge on any atom is 0.319 e. The van der Waals surface area contributed by atoms with Gasteiger partial charge in [0.05, 0.1) is 12.6 Å². The molecule has 0 unspecified atom stereocenters. The SMILES string of the molecule is COc1cc2c(Oc3ccc(NC(=O)NCCC(C)(C)C)cc3)ccnc2cc1OCCN1CCN(C)CC1.Cl. The first-order valence-corrected chi connectivity index (χ1v) is 13.5. The number of aromatic nitrogens is 1. The van der Waals surface area contributed by atoms with Crippen molar-refractivity contribution >= 4 is 35.0 Å². The van der Waals surface area contributed by atoms with E-state index in [1.807, 2.05) is 42.5 Å². The molecule has 0 saturated carbocycles. The molecule has 218 valence electrons. The number of nitrogens with zero attached hydrogens (tertiary/aromatic N) is 3. The van der Waals surface area contributed by atoms with Crippen molar-refractivity contribution < 1.29 is 19.0 Å². The summed E-state index contributed by atoms with van der Waals surface area (Å²) in [4.78, 5) is 21.5. The molecular weight excluding hydrogens is 530 g/mol. The van der Waals surface area contributed by atoms with Crippen LogP contribution in [0.1, 0.15) is 27.2 Å². The lowest BCUT2D eigenvalue weighted by molar-refractivity contribution is 0.133. The van der Waals surface area contributed by atoms with E-state index < -0.39 is 0 Å². The van der Waals surface area contributed by atoms with Crippen LogP contribution in [0.4, 0.5) is 10.5 Å². The molecule has 1 saturated heterocycles. The number of urea groups is 1. The summed E-state index contributed by atoms with van der Waals surface area (Å²) in [6.07, 6.45) is 2.62. The fourth-order valence-electron chi connectivity index (χ4n) is 4.31. The van der Waals surface area contributed by atoms with E-state index in [9.17, 15) is 4.79 Å². The van der Waals surface area contributed by atoms with Crippen LogP contribution in [0, 0.1) is 5.41 Å². The summed E-state index contributed by atoms with van der Waals surface area (Å²) in [5, 5.41) is 6.57. The third-order valence-corrected chi connectivity index (χ3v) is 6.75. The lowest BCUT2D eigenvalue weighted by atomic mass is 9.92. The quantitative estimate of drug-likeness (QED) is 0.325. The van der Waals surface area contributed by atoms with Gasteiger partial charge in [0, 0.05) is 62.6 Å². The van der Waals surface area contributed by atoms with Gasteiger partial charge in [-0.25, -0.2) is 4.79 Å². The number of likely N-dealkylation sites (N-methyl/N-ethyl adjacent to an activating group) is 1. The van der Waals surface area contributed by atoms with Crippen LogP contribution in [0.5, 0.6) is 23.0 Å². The van der Waals surface area contributed by atoms with Gasteiger partial charge in [0.25, 0.3) is 0 Å². The maximum atomic E-state index is 12.2. The molecule has 40 heavy (non-hydrogen) atoms. The van der Waals surface area contributed by atoms with E-state index in [1.165, 1.54) is 0 Å². The van der Waals surface area contributed by atoms with E-state index >= 15 is 0 Å². The molecule has 9 nitrogen and oxygen atoms in total. The minimum absolute atomic E-state index is 0. The molecule has 0 radical (unpaired) electrons. The number of carbonyl (C=O) groups excluding carboxylic acids is 1. The van der Waals surface area contributed by atoms with Crippen molar-refractivity contribution in [1.29, 1.82) is 0 Å². The number of piperazine rings is 1. The van der Waals surface area contributed by atoms with Gasteiger partial charge in [-0.05, 0) is 55.3 Å². The molecule has 1 aliphatic rings. The predicted octanol–water partition coefficient (Wildman–Crippen LogP) is 5.64. The van der Waals surface area contributed by atoms with Gasteiger partial charge in [-0.1, -0.05) is 20.8 Å². The smallest absolute Gasteiger partial charge is 0.319 e. The lowest BCUT2D eigenvalue weighted by Gasteiger charge is -2.32. The Labute approximate surface area is 243 Å². The molecule has 2 heterocycles. The first-order valence-electron chi connectivity index (χ1n) is 13.5. The molecule has 0 spiro atoms. The summed E-state index contributed by atoms with van der Waals surface area (Å²) in [6, 6.07) is 12.7. The van der Waals surface area contributed by atoms with Gasteiger partial charge in [-0.3, -0.25) is 9.88 Å². The fraction of sp³-hybridized carbons (Fsp3) is 0.467. The number of fused-ring (bicyclic) bond motifs is 1. The van der Waals surface area contributed by atoms with Crippen molar-refractivity contribution in [3.8, 4) is 23.0 Å². The van der Waals surface area contributed by atoms with Crippen molar-refractivity contribution in [3.05, 3.63) is 48.7 Å². The van der Waals surface area contributed by atoms with Gasteiger partial charge in [0.1, 0.15) is 18.1 Å². The van der Waals surface area contributed by atoms with E-state index in [2.05, 4.69) is 53.2 Å². The molecular formula is C30H42ClN5O4. The average molecular weight is 572 g/mol. The summed E-state index contributed by atoms with van der Waals surface area (Å²) in [6.45, 7) is 12.8. The number of rotatable bonds is 10. The molecule has 2 N–H and O–H groups in total. The van der Waals surface area contributed by atoms with Crippen LogP contribution in [0.3, 0.4) is 0 Å². The summed E-state index contributed by atoms with van der Waals surface area (Å²) in [5.74, 6) is 2.60. The second kappa shape index (κ2) is 14.4. The molecule has 0 bridgehead atoms. The highest BCUT2D eigenvalue weighted by molar-refractivity contribution is 5.90. The average Bonchev–Trinajstić information content (AvgIpc) is 2.90. The van der Waals surface area contributed by atoms with Crippen LogP contribution in [-0.2, 0) is 0 Å². The van der Waals surface area contributed by atoms with Crippen LogP contribution < -0.4 is 24.8 Å². The Morgan fingerprint density at radius 1 is 1.00 bits per heavy atom. The zero-order valence-electron chi connectivity index (χ0n) is 24.2. The Morgan fingerprint density at radius 3 is 2.40 bits per heavy atom. The van der Waals surface area contributed by atoms with E-state index in [1.54, 1.807) is 13.3 Å². The molecule has 1 aromatic heterocycles. The number of hydrogen-bond donors (Lipinski definition) is 2.